The third kappa shape index (κ3) is 2.25. The van der Waals surface area contributed by atoms with Crippen LogP contribution < -0.4 is 10.6 Å². The fourth-order valence-corrected chi connectivity index (χ4v) is 5.20. The Kier molecular flexibility index (Phi) is 3.23. The first-order valence-corrected chi connectivity index (χ1v) is 8.84. The first-order valence-electron chi connectivity index (χ1n) is 6.95. The summed E-state index contributed by atoms with van der Waals surface area (Å²) in [5.74, 6) is 0.0625. The lowest BCUT2D eigenvalue weighted by Gasteiger charge is -2.21. The second kappa shape index (κ2) is 4.96. The summed E-state index contributed by atoms with van der Waals surface area (Å²) < 4.78 is 2.50. The van der Waals surface area contributed by atoms with E-state index in [4.69, 9.17) is 0 Å². The van der Waals surface area contributed by atoms with E-state index in [2.05, 4.69) is 45.4 Å². The molecule has 5 heteroatoms. The summed E-state index contributed by atoms with van der Waals surface area (Å²) in [5, 5.41) is 7.92. The van der Waals surface area contributed by atoms with Crippen LogP contribution in [0.25, 0.3) is 10.1 Å². The zero-order chi connectivity index (χ0) is 13.7. The molecule has 0 aliphatic carbocycles. The molecule has 2 bridgehead atoms. The van der Waals surface area contributed by atoms with Gasteiger partial charge < -0.3 is 10.6 Å². The Hall–Kier alpha value is -0.660. The number of rotatable bonds is 2. The highest BCUT2D eigenvalue weighted by atomic mass is 127. The predicted octanol–water partition coefficient (Wildman–Crippen LogP) is 3.13. The van der Waals surface area contributed by atoms with Crippen molar-refractivity contribution in [3.8, 4) is 0 Å². The molecule has 20 heavy (non-hydrogen) atoms. The van der Waals surface area contributed by atoms with Crippen LogP contribution in [0.5, 0.6) is 0 Å². The number of carbonyl (C=O) groups excluding carboxylic acids is 1. The van der Waals surface area contributed by atoms with Crippen molar-refractivity contribution in [1.29, 1.82) is 0 Å². The Balaban J connectivity index is 1.54. The number of carbonyl (C=O) groups is 1. The Morgan fingerprint density at radius 2 is 2.25 bits per heavy atom. The van der Waals surface area contributed by atoms with E-state index in [1.54, 1.807) is 11.3 Å². The molecule has 0 spiro atoms. The first kappa shape index (κ1) is 13.0. The van der Waals surface area contributed by atoms with Gasteiger partial charge in [-0.2, -0.15) is 0 Å². The lowest BCUT2D eigenvalue weighted by Crippen LogP contribution is -2.42. The second-order valence-electron chi connectivity index (χ2n) is 5.67. The smallest absolute Gasteiger partial charge is 0.251 e. The monoisotopic (exact) mass is 398 g/mol. The van der Waals surface area contributed by atoms with Gasteiger partial charge in [-0.05, 0) is 71.5 Å². The molecule has 4 rings (SSSR count). The molecule has 3 nitrogen and oxygen atoms in total. The van der Waals surface area contributed by atoms with Gasteiger partial charge >= 0.3 is 0 Å². The van der Waals surface area contributed by atoms with Crippen LogP contribution in [-0.4, -0.2) is 24.0 Å². The Morgan fingerprint density at radius 1 is 1.35 bits per heavy atom. The van der Waals surface area contributed by atoms with Gasteiger partial charge in [-0.25, -0.2) is 0 Å². The van der Waals surface area contributed by atoms with Crippen molar-refractivity contribution in [2.24, 2.45) is 0 Å². The van der Waals surface area contributed by atoms with Gasteiger partial charge in [0.2, 0.25) is 0 Å². The number of hydrogen-bond acceptors (Lipinski definition) is 3. The zero-order valence-electron chi connectivity index (χ0n) is 10.9. The average Bonchev–Trinajstić information content (AvgIpc) is 3.10. The van der Waals surface area contributed by atoms with Gasteiger partial charge in [0.1, 0.15) is 0 Å². The molecule has 2 aliphatic heterocycles. The molecule has 2 aromatic rings. The molecule has 3 heterocycles. The topological polar surface area (TPSA) is 41.1 Å². The third-order valence-electron chi connectivity index (χ3n) is 4.36. The highest BCUT2D eigenvalue weighted by Gasteiger charge is 2.39. The highest BCUT2D eigenvalue weighted by Crippen LogP contribution is 2.29. The number of nitrogens with one attached hydrogen (secondary N) is 2. The molecule has 0 unspecified atom stereocenters. The normalized spacial score (nSPS) is 28.1. The highest BCUT2D eigenvalue weighted by molar-refractivity contribution is 14.1. The van der Waals surface area contributed by atoms with Crippen LogP contribution in [0.3, 0.4) is 0 Å². The number of fused-ring (bicyclic) bond motifs is 3. The molecule has 104 valence electrons. The Morgan fingerprint density at radius 3 is 3.00 bits per heavy atom. The van der Waals surface area contributed by atoms with Crippen molar-refractivity contribution in [2.45, 2.75) is 37.4 Å². The molecule has 2 N–H and O–H groups in total. The van der Waals surface area contributed by atoms with Crippen LogP contribution in [-0.2, 0) is 0 Å². The van der Waals surface area contributed by atoms with Gasteiger partial charge in [-0.3, -0.25) is 4.79 Å². The van der Waals surface area contributed by atoms with Gasteiger partial charge in [0.25, 0.3) is 5.91 Å². The van der Waals surface area contributed by atoms with Crippen LogP contribution in [0, 0.1) is 2.88 Å². The fraction of sp³-hybridized carbons (Fsp3) is 0.400. The molecule has 2 aliphatic rings. The maximum absolute atomic E-state index is 12.4. The van der Waals surface area contributed by atoms with Crippen LogP contribution in [0.15, 0.2) is 24.3 Å². The lowest BCUT2D eigenvalue weighted by atomic mass is 9.95. The van der Waals surface area contributed by atoms with E-state index in [1.165, 1.54) is 20.4 Å². The molecule has 2 fully saturated rings. The molecule has 2 saturated heterocycles. The number of hydrogen-bond donors (Lipinski definition) is 2. The van der Waals surface area contributed by atoms with Gasteiger partial charge in [0.05, 0.1) is 2.88 Å². The standard InChI is InChI=1S/C15H15IN2OS/c16-14-6-9-5-8(1-4-13(9)20-14)15(19)18-12-7-10-2-3-11(12)17-10/h1,4-6,10-12,17H,2-3,7H2,(H,18,19)/t10-,11+,12-/m1/s1. The van der Waals surface area contributed by atoms with E-state index >= 15 is 0 Å². The second-order valence-corrected chi connectivity index (χ2v) is 8.64. The van der Waals surface area contributed by atoms with Crippen molar-refractivity contribution in [3.63, 3.8) is 0 Å². The summed E-state index contributed by atoms with van der Waals surface area (Å²) in [6.45, 7) is 0. The van der Waals surface area contributed by atoms with Crippen molar-refractivity contribution in [2.75, 3.05) is 0 Å². The van der Waals surface area contributed by atoms with Crippen LogP contribution in [0.1, 0.15) is 29.6 Å². The average molecular weight is 398 g/mol. The minimum Gasteiger partial charge on any atom is -0.348 e. The van der Waals surface area contributed by atoms with Gasteiger partial charge in [-0.15, -0.1) is 11.3 Å². The van der Waals surface area contributed by atoms with Crippen molar-refractivity contribution in [3.05, 3.63) is 32.7 Å². The fourth-order valence-electron chi connectivity index (χ4n) is 3.39. The number of halogens is 1. The molecular formula is C15H15IN2OS. The van der Waals surface area contributed by atoms with Crippen LogP contribution >= 0.6 is 33.9 Å². The largest absolute Gasteiger partial charge is 0.348 e. The van der Waals surface area contributed by atoms with Crippen molar-refractivity contribution < 1.29 is 4.79 Å². The summed E-state index contributed by atoms with van der Waals surface area (Å²) in [6.07, 6.45) is 3.53. The minimum atomic E-state index is 0.0625. The summed E-state index contributed by atoms with van der Waals surface area (Å²) in [7, 11) is 0. The summed E-state index contributed by atoms with van der Waals surface area (Å²) >= 11 is 4.08. The van der Waals surface area contributed by atoms with E-state index in [0.29, 0.717) is 18.1 Å². The Bertz CT molecular complexity index is 684. The van der Waals surface area contributed by atoms with Crippen LogP contribution in [0.4, 0.5) is 0 Å². The van der Waals surface area contributed by atoms with Crippen molar-refractivity contribution in [1.82, 2.24) is 10.6 Å². The van der Waals surface area contributed by atoms with Gasteiger partial charge in [0.15, 0.2) is 0 Å². The molecule has 0 radical (unpaired) electrons. The third-order valence-corrected chi connectivity index (χ3v) is 6.24. The Labute approximate surface area is 135 Å². The van der Waals surface area contributed by atoms with Crippen LogP contribution in [0.2, 0.25) is 0 Å². The summed E-state index contributed by atoms with van der Waals surface area (Å²) in [4.78, 5) is 12.4. The summed E-state index contributed by atoms with van der Waals surface area (Å²) in [5.41, 5.74) is 0.773. The van der Waals surface area contributed by atoms with Gasteiger partial charge in [-0.1, -0.05) is 0 Å². The van der Waals surface area contributed by atoms with Crippen molar-refractivity contribution >= 4 is 49.9 Å². The number of amides is 1. The molecule has 1 aromatic carbocycles. The SMILES string of the molecule is O=C(N[C@@H]1C[C@H]2CC[C@@H]1N2)c1ccc2sc(I)cc2c1. The molecule has 1 amide bonds. The number of thiophene rings is 1. The number of benzene rings is 1. The first-order chi connectivity index (χ1) is 9.69. The maximum atomic E-state index is 12.4. The van der Waals surface area contributed by atoms with E-state index in [-0.39, 0.29) is 5.91 Å². The molecular weight excluding hydrogens is 383 g/mol. The van der Waals surface area contributed by atoms with E-state index < -0.39 is 0 Å². The lowest BCUT2D eigenvalue weighted by molar-refractivity contribution is 0.0931. The molecule has 0 saturated carbocycles. The van der Waals surface area contributed by atoms with E-state index in [0.717, 1.165) is 17.4 Å². The van der Waals surface area contributed by atoms with E-state index in [9.17, 15) is 4.79 Å². The van der Waals surface area contributed by atoms with E-state index in [1.807, 2.05) is 12.1 Å². The summed E-state index contributed by atoms with van der Waals surface area (Å²) in [6, 6.07) is 9.53. The maximum Gasteiger partial charge on any atom is 0.251 e. The minimum absolute atomic E-state index is 0.0625. The zero-order valence-corrected chi connectivity index (χ0v) is 13.8. The van der Waals surface area contributed by atoms with Gasteiger partial charge in [0, 0.05) is 28.4 Å². The molecule has 1 aromatic heterocycles. The quantitative estimate of drug-likeness (QED) is 0.764. The predicted molar refractivity (Wildman–Crippen MR) is 90.4 cm³/mol. The molecule has 3 atom stereocenters.